The number of para-hydroxylation sites is 1. The van der Waals surface area contributed by atoms with E-state index < -0.39 is 4.92 Å². The molecule has 0 saturated heterocycles. The molecule has 0 aliphatic heterocycles. The van der Waals surface area contributed by atoms with Crippen LogP contribution in [-0.4, -0.2) is 23.4 Å². The highest BCUT2D eigenvalue weighted by Crippen LogP contribution is 2.16. The normalized spacial score (nSPS) is 10.5. The van der Waals surface area contributed by atoms with Crippen LogP contribution in [0.5, 0.6) is 0 Å². The summed E-state index contributed by atoms with van der Waals surface area (Å²) in [6, 6.07) is 6.71. The average molecular weight is 265 g/mol. The number of nitrogens with one attached hydrogen (secondary N) is 2. The fourth-order valence-electron chi connectivity index (χ4n) is 1.66. The Labute approximate surface area is 112 Å². The van der Waals surface area contributed by atoms with Gasteiger partial charge in [-0.25, -0.2) is 0 Å². The molecular weight excluding hydrogens is 246 g/mol. The van der Waals surface area contributed by atoms with Crippen LogP contribution in [0.4, 0.5) is 5.69 Å². The van der Waals surface area contributed by atoms with Gasteiger partial charge in [0.2, 0.25) is 5.91 Å². The van der Waals surface area contributed by atoms with E-state index in [1.54, 1.807) is 18.2 Å². The summed E-state index contributed by atoms with van der Waals surface area (Å²) in [5, 5.41) is 16.6. The quantitative estimate of drug-likeness (QED) is 0.445. The van der Waals surface area contributed by atoms with Crippen molar-refractivity contribution in [1.82, 2.24) is 10.6 Å². The van der Waals surface area contributed by atoms with Gasteiger partial charge >= 0.3 is 0 Å². The smallest absolute Gasteiger partial charge is 0.273 e. The molecular formula is C13H19N3O3. The van der Waals surface area contributed by atoms with Gasteiger partial charge in [0, 0.05) is 37.2 Å². The van der Waals surface area contributed by atoms with Crippen LogP contribution in [0.2, 0.25) is 0 Å². The number of nitrogens with zero attached hydrogens (tertiary/aromatic N) is 1. The molecule has 19 heavy (non-hydrogen) atoms. The number of hydrogen-bond donors (Lipinski definition) is 2. The molecule has 1 aromatic carbocycles. The van der Waals surface area contributed by atoms with Crippen molar-refractivity contribution in [2.75, 3.05) is 6.54 Å². The lowest BCUT2D eigenvalue weighted by molar-refractivity contribution is -0.385. The third-order valence-corrected chi connectivity index (χ3v) is 2.48. The second-order valence-corrected chi connectivity index (χ2v) is 4.53. The van der Waals surface area contributed by atoms with Crippen LogP contribution in [0, 0.1) is 10.1 Å². The van der Waals surface area contributed by atoms with Crippen LogP contribution in [0.1, 0.15) is 25.8 Å². The lowest BCUT2D eigenvalue weighted by atomic mass is 10.2. The van der Waals surface area contributed by atoms with Crippen LogP contribution in [0.3, 0.4) is 0 Å². The number of carbonyl (C=O) groups excluding carboxylic acids is 1. The molecule has 0 fully saturated rings. The minimum absolute atomic E-state index is 0.0231. The molecule has 0 aromatic heterocycles. The van der Waals surface area contributed by atoms with Gasteiger partial charge in [0.1, 0.15) is 0 Å². The minimum atomic E-state index is -0.400. The van der Waals surface area contributed by atoms with Crippen LogP contribution < -0.4 is 10.6 Å². The van der Waals surface area contributed by atoms with Gasteiger partial charge in [-0.15, -0.1) is 0 Å². The highest BCUT2D eigenvalue weighted by atomic mass is 16.6. The maximum atomic E-state index is 11.4. The predicted molar refractivity (Wildman–Crippen MR) is 72.7 cm³/mol. The SMILES string of the molecule is CC(C)NC(=O)CCNCc1ccccc1[N+](=O)[O-]. The van der Waals surface area contributed by atoms with E-state index in [9.17, 15) is 14.9 Å². The molecule has 6 heteroatoms. The van der Waals surface area contributed by atoms with Gasteiger partial charge in [-0.2, -0.15) is 0 Å². The Morgan fingerprint density at radius 2 is 2.05 bits per heavy atom. The molecule has 0 spiro atoms. The molecule has 0 bridgehead atoms. The summed E-state index contributed by atoms with van der Waals surface area (Å²) in [6.45, 7) is 4.67. The molecule has 0 heterocycles. The first-order chi connectivity index (χ1) is 9.00. The van der Waals surface area contributed by atoms with Crippen LogP contribution in [-0.2, 0) is 11.3 Å². The van der Waals surface area contributed by atoms with Gasteiger partial charge in [-0.3, -0.25) is 14.9 Å². The second kappa shape index (κ2) is 7.48. The lowest BCUT2D eigenvalue weighted by Crippen LogP contribution is -2.32. The average Bonchev–Trinajstić information content (AvgIpc) is 2.34. The fourth-order valence-corrected chi connectivity index (χ4v) is 1.66. The molecule has 0 saturated carbocycles. The number of hydrogen-bond acceptors (Lipinski definition) is 4. The molecule has 0 unspecified atom stereocenters. The van der Waals surface area contributed by atoms with Crippen LogP contribution in [0.25, 0.3) is 0 Å². The maximum Gasteiger partial charge on any atom is 0.273 e. The molecule has 104 valence electrons. The van der Waals surface area contributed by atoms with Gasteiger partial charge in [0.05, 0.1) is 4.92 Å². The monoisotopic (exact) mass is 265 g/mol. The third-order valence-electron chi connectivity index (χ3n) is 2.48. The first kappa shape index (κ1) is 15.1. The zero-order valence-electron chi connectivity index (χ0n) is 11.2. The van der Waals surface area contributed by atoms with Crippen LogP contribution >= 0.6 is 0 Å². The van der Waals surface area contributed by atoms with Gasteiger partial charge in [0.15, 0.2) is 0 Å². The van der Waals surface area contributed by atoms with Crippen molar-refractivity contribution < 1.29 is 9.72 Å². The highest BCUT2D eigenvalue weighted by molar-refractivity contribution is 5.76. The van der Waals surface area contributed by atoms with E-state index in [2.05, 4.69) is 10.6 Å². The molecule has 1 amide bonds. The van der Waals surface area contributed by atoms with Crippen LogP contribution in [0.15, 0.2) is 24.3 Å². The van der Waals surface area contributed by atoms with E-state index in [4.69, 9.17) is 0 Å². The Hall–Kier alpha value is -1.95. The first-order valence-electron chi connectivity index (χ1n) is 6.23. The maximum absolute atomic E-state index is 11.4. The fraction of sp³-hybridized carbons (Fsp3) is 0.462. The molecule has 2 N–H and O–H groups in total. The van der Waals surface area contributed by atoms with Crippen molar-refractivity contribution in [3.05, 3.63) is 39.9 Å². The van der Waals surface area contributed by atoms with Gasteiger partial charge in [-0.1, -0.05) is 18.2 Å². The van der Waals surface area contributed by atoms with Gasteiger partial charge in [0.25, 0.3) is 5.69 Å². The summed E-state index contributed by atoms with van der Waals surface area (Å²) in [5.74, 6) is -0.0231. The summed E-state index contributed by atoms with van der Waals surface area (Å²) in [7, 11) is 0. The Bertz CT molecular complexity index is 447. The van der Waals surface area contributed by atoms with Crippen molar-refractivity contribution in [3.63, 3.8) is 0 Å². The number of nitro benzene ring substituents is 1. The standard InChI is InChI=1S/C13H19N3O3/c1-10(2)15-13(17)7-8-14-9-11-5-3-4-6-12(11)16(18)19/h3-6,10,14H,7-9H2,1-2H3,(H,15,17). The van der Waals surface area contributed by atoms with E-state index in [0.717, 1.165) is 0 Å². The summed E-state index contributed by atoms with van der Waals surface area (Å²) >= 11 is 0. The van der Waals surface area contributed by atoms with Crippen molar-refractivity contribution in [1.29, 1.82) is 0 Å². The Morgan fingerprint density at radius 1 is 1.37 bits per heavy atom. The molecule has 0 radical (unpaired) electrons. The van der Waals surface area contributed by atoms with Crippen molar-refractivity contribution in [3.8, 4) is 0 Å². The zero-order valence-corrected chi connectivity index (χ0v) is 11.2. The van der Waals surface area contributed by atoms with Gasteiger partial charge < -0.3 is 10.6 Å². The number of rotatable bonds is 7. The van der Waals surface area contributed by atoms with E-state index in [1.165, 1.54) is 6.07 Å². The Kier molecular flexibility index (Phi) is 5.95. The summed E-state index contributed by atoms with van der Waals surface area (Å²) in [6.07, 6.45) is 0.360. The second-order valence-electron chi connectivity index (χ2n) is 4.53. The molecule has 0 aliphatic rings. The van der Waals surface area contributed by atoms with Gasteiger partial charge in [-0.05, 0) is 13.8 Å². The summed E-state index contributed by atoms with van der Waals surface area (Å²) < 4.78 is 0. The molecule has 1 aromatic rings. The van der Waals surface area contributed by atoms with E-state index in [-0.39, 0.29) is 17.6 Å². The topological polar surface area (TPSA) is 84.3 Å². The molecule has 1 rings (SSSR count). The highest BCUT2D eigenvalue weighted by Gasteiger charge is 2.11. The largest absolute Gasteiger partial charge is 0.354 e. The Balaban J connectivity index is 2.38. The Morgan fingerprint density at radius 3 is 2.68 bits per heavy atom. The molecule has 6 nitrogen and oxygen atoms in total. The molecule has 0 atom stereocenters. The summed E-state index contributed by atoms with van der Waals surface area (Å²) in [4.78, 5) is 21.8. The lowest BCUT2D eigenvalue weighted by Gasteiger charge is -2.09. The zero-order chi connectivity index (χ0) is 14.3. The van der Waals surface area contributed by atoms with Crippen molar-refractivity contribution in [2.45, 2.75) is 32.9 Å². The number of nitro groups is 1. The van der Waals surface area contributed by atoms with E-state index in [1.807, 2.05) is 13.8 Å². The van der Waals surface area contributed by atoms with E-state index >= 15 is 0 Å². The molecule has 0 aliphatic carbocycles. The minimum Gasteiger partial charge on any atom is -0.354 e. The predicted octanol–water partition coefficient (Wildman–Crippen LogP) is 1.60. The first-order valence-corrected chi connectivity index (χ1v) is 6.23. The van der Waals surface area contributed by atoms with Crippen molar-refractivity contribution in [2.24, 2.45) is 0 Å². The number of amides is 1. The third kappa shape index (κ3) is 5.48. The van der Waals surface area contributed by atoms with E-state index in [0.29, 0.717) is 25.1 Å². The number of benzene rings is 1. The van der Waals surface area contributed by atoms with Crippen molar-refractivity contribution >= 4 is 11.6 Å². The number of carbonyl (C=O) groups is 1. The summed E-state index contributed by atoms with van der Waals surface area (Å²) in [5.41, 5.74) is 0.721.